The van der Waals surface area contributed by atoms with Gasteiger partial charge in [0.15, 0.2) is 11.5 Å². The lowest BCUT2D eigenvalue weighted by molar-refractivity contribution is -0.115. The topological polar surface area (TPSA) is 86.2 Å². The average Bonchev–Trinajstić information content (AvgIpc) is 3.17. The van der Waals surface area contributed by atoms with Gasteiger partial charge in [0.25, 0.3) is 0 Å². The number of benzene rings is 3. The number of anilines is 1. The van der Waals surface area contributed by atoms with Gasteiger partial charge in [0.2, 0.25) is 5.91 Å². The Morgan fingerprint density at radius 2 is 1.61 bits per heavy atom. The van der Waals surface area contributed by atoms with Gasteiger partial charge in [-0.3, -0.25) is 9.79 Å². The van der Waals surface area contributed by atoms with E-state index in [1.54, 1.807) is 57.5 Å². The van der Waals surface area contributed by atoms with Crippen molar-refractivity contribution in [1.82, 2.24) is 0 Å². The normalized spacial score (nSPS) is 14.9. The fraction of sp³-hybridized carbons (Fsp3) is 0.192. The highest BCUT2D eigenvalue weighted by Crippen LogP contribution is 2.42. The summed E-state index contributed by atoms with van der Waals surface area (Å²) in [6, 6.07) is 19.9. The summed E-state index contributed by atoms with van der Waals surface area (Å²) < 4.78 is 15.9. The van der Waals surface area contributed by atoms with Gasteiger partial charge in [0, 0.05) is 11.8 Å². The third-order valence-electron chi connectivity index (χ3n) is 5.36. The van der Waals surface area contributed by atoms with Gasteiger partial charge in [-0.1, -0.05) is 30.3 Å². The predicted octanol–water partition coefficient (Wildman–Crippen LogP) is 4.74. The number of ether oxygens (including phenoxy) is 3. The van der Waals surface area contributed by atoms with E-state index in [2.05, 4.69) is 5.32 Å². The minimum absolute atomic E-state index is 0.189. The van der Waals surface area contributed by atoms with Crippen LogP contribution in [0.15, 0.2) is 71.7 Å². The van der Waals surface area contributed by atoms with E-state index in [9.17, 15) is 9.59 Å². The highest BCUT2D eigenvalue weighted by atomic mass is 16.5. The molecule has 168 valence electrons. The molecule has 0 fully saturated rings. The molecule has 1 unspecified atom stereocenters. The molecule has 0 bridgehead atoms. The van der Waals surface area contributed by atoms with Crippen LogP contribution in [0, 0.1) is 0 Å². The monoisotopic (exact) mass is 444 g/mol. The highest BCUT2D eigenvalue weighted by molar-refractivity contribution is 6.24. The molecule has 0 radical (unpaired) electrons. The number of hydrogen-bond donors (Lipinski definition) is 1. The Labute approximate surface area is 192 Å². The minimum Gasteiger partial charge on any atom is -0.493 e. The Balaban J connectivity index is 1.80. The number of aliphatic imine (C=N–C) groups is 1. The second kappa shape index (κ2) is 9.56. The maximum Gasteiger partial charge on any atom is 0.338 e. The number of hydrogen-bond acceptors (Lipinski definition) is 6. The van der Waals surface area contributed by atoms with Crippen LogP contribution in [0.4, 0.5) is 11.4 Å². The maximum absolute atomic E-state index is 13.1. The summed E-state index contributed by atoms with van der Waals surface area (Å²) in [5.74, 6) is -0.159. The Morgan fingerprint density at radius 1 is 0.939 bits per heavy atom. The van der Waals surface area contributed by atoms with E-state index in [1.807, 2.05) is 30.3 Å². The molecule has 1 atom stereocenters. The van der Waals surface area contributed by atoms with Crippen molar-refractivity contribution in [2.24, 2.45) is 4.99 Å². The molecule has 1 aliphatic rings. The van der Waals surface area contributed by atoms with Crippen LogP contribution in [-0.2, 0) is 9.53 Å². The predicted molar refractivity (Wildman–Crippen MR) is 126 cm³/mol. The second-order valence-electron chi connectivity index (χ2n) is 7.35. The lowest BCUT2D eigenvalue weighted by Crippen LogP contribution is -2.22. The molecule has 1 amide bonds. The number of carbonyl (C=O) groups excluding carboxylic acids is 2. The number of esters is 1. The van der Waals surface area contributed by atoms with E-state index < -0.39 is 5.92 Å². The molecule has 0 spiro atoms. The number of amides is 1. The standard InChI is InChI=1S/C26H24N2O5/c1-4-33-26(30)17-10-12-18(13-11-17)27-24(16-8-6-5-7-9-16)23-19-14-21(31-2)22(32-3)15-20(19)28-25(23)29/h5-15,23H,4H2,1-3H3,(H,28,29). The van der Waals surface area contributed by atoms with Crippen molar-refractivity contribution >= 4 is 29.0 Å². The summed E-state index contributed by atoms with van der Waals surface area (Å²) in [4.78, 5) is 29.9. The largest absolute Gasteiger partial charge is 0.493 e. The van der Waals surface area contributed by atoms with Crippen LogP contribution < -0.4 is 14.8 Å². The molecule has 3 aromatic carbocycles. The van der Waals surface area contributed by atoms with Crippen molar-refractivity contribution in [2.45, 2.75) is 12.8 Å². The van der Waals surface area contributed by atoms with E-state index in [0.29, 0.717) is 40.8 Å². The number of nitrogens with zero attached hydrogens (tertiary/aromatic N) is 1. The van der Waals surface area contributed by atoms with Crippen LogP contribution in [0.1, 0.15) is 34.3 Å². The number of rotatable bonds is 7. The third-order valence-corrected chi connectivity index (χ3v) is 5.36. The van der Waals surface area contributed by atoms with Gasteiger partial charge in [0.05, 0.1) is 37.8 Å². The highest BCUT2D eigenvalue weighted by Gasteiger charge is 2.36. The van der Waals surface area contributed by atoms with Crippen molar-refractivity contribution in [2.75, 3.05) is 26.1 Å². The first-order valence-corrected chi connectivity index (χ1v) is 10.5. The molecule has 1 aliphatic heterocycles. The zero-order chi connectivity index (χ0) is 23.4. The van der Waals surface area contributed by atoms with E-state index in [4.69, 9.17) is 19.2 Å². The SMILES string of the molecule is CCOC(=O)c1ccc(N=C(c2ccccc2)C2C(=O)Nc3cc(OC)c(OC)cc32)cc1. The molecule has 1 heterocycles. The van der Waals surface area contributed by atoms with Crippen LogP contribution in [-0.4, -0.2) is 38.4 Å². The Kier molecular flexibility index (Phi) is 6.40. The van der Waals surface area contributed by atoms with E-state index in [1.165, 1.54) is 0 Å². The van der Waals surface area contributed by atoms with Gasteiger partial charge in [-0.05, 0) is 48.4 Å². The van der Waals surface area contributed by atoms with Crippen molar-refractivity contribution in [1.29, 1.82) is 0 Å². The summed E-state index contributed by atoms with van der Waals surface area (Å²) >= 11 is 0. The zero-order valence-corrected chi connectivity index (χ0v) is 18.6. The second-order valence-corrected chi connectivity index (χ2v) is 7.35. The molecule has 0 aromatic heterocycles. The molecular formula is C26H24N2O5. The summed E-state index contributed by atoms with van der Waals surface area (Å²) in [6.45, 7) is 2.07. The Morgan fingerprint density at radius 3 is 2.24 bits per heavy atom. The smallest absolute Gasteiger partial charge is 0.338 e. The van der Waals surface area contributed by atoms with Gasteiger partial charge < -0.3 is 19.5 Å². The molecule has 7 nitrogen and oxygen atoms in total. The zero-order valence-electron chi connectivity index (χ0n) is 18.6. The molecule has 0 aliphatic carbocycles. The van der Waals surface area contributed by atoms with Crippen LogP contribution in [0.2, 0.25) is 0 Å². The van der Waals surface area contributed by atoms with E-state index in [-0.39, 0.29) is 11.9 Å². The lowest BCUT2D eigenvalue weighted by Gasteiger charge is -2.15. The van der Waals surface area contributed by atoms with Gasteiger partial charge in [0.1, 0.15) is 5.92 Å². The number of fused-ring (bicyclic) bond motifs is 1. The van der Waals surface area contributed by atoms with Gasteiger partial charge >= 0.3 is 5.97 Å². The third kappa shape index (κ3) is 4.43. The molecule has 3 aromatic rings. The molecule has 1 N–H and O–H groups in total. The van der Waals surface area contributed by atoms with Crippen molar-refractivity contribution in [3.05, 3.63) is 83.4 Å². The first kappa shape index (κ1) is 22.1. The van der Waals surface area contributed by atoms with Gasteiger partial charge in [-0.15, -0.1) is 0 Å². The summed E-state index contributed by atoms with van der Waals surface area (Å²) in [5, 5.41) is 2.93. The molecule has 7 heteroatoms. The number of methoxy groups -OCH3 is 2. The summed E-state index contributed by atoms with van der Waals surface area (Å²) in [6.07, 6.45) is 0. The molecular weight excluding hydrogens is 420 g/mol. The quantitative estimate of drug-likeness (QED) is 0.420. The molecule has 33 heavy (non-hydrogen) atoms. The minimum atomic E-state index is -0.646. The van der Waals surface area contributed by atoms with Crippen molar-refractivity contribution in [3.8, 4) is 11.5 Å². The molecule has 4 rings (SSSR count). The Bertz CT molecular complexity index is 1200. The maximum atomic E-state index is 13.1. The van der Waals surface area contributed by atoms with Gasteiger partial charge in [-0.25, -0.2) is 4.79 Å². The van der Waals surface area contributed by atoms with Gasteiger partial charge in [-0.2, -0.15) is 0 Å². The van der Waals surface area contributed by atoms with E-state index in [0.717, 1.165) is 11.1 Å². The lowest BCUT2D eigenvalue weighted by atomic mass is 9.90. The summed E-state index contributed by atoms with van der Waals surface area (Å²) in [7, 11) is 3.11. The molecule has 0 saturated heterocycles. The van der Waals surface area contributed by atoms with E-state index >= 15 is 0 Å². The van der Waals surface area contributed by atoms with Crippen LogP contribution in [0.25, 0.3) is 0 Å². The first-order chi connectivity index (χ1) is 16.0. The number of carbonyl (C=O) groups is 2. The first-order valence-electron chi connectivity index (χ1n) is 10.5. The van der Waals surface area contributed by atoms with Crippen molar-refractivity contribution in [3.63, 3.8) is 0 Å². The molecule has 0 saturated carbocycles. The van der Waals surface area contributed by atoms with Crippen LogP contribution in [0.3, 0.4) is 0 Å². The fourth-order valence-corrected chi connectivity index (χ4v) is 3.79. The average molecular weight is 444 g/mol. The van der Waals surface area contributed by atoms with Crippen LogP contribution in [0.5, 0.6) is 11.5 Å². The fourth-order valence-electron chi connectivity index (χ4n) is 3.79. The number of nitrogens with one attached hydrogen (secondary N) is 1. The summed E-state index contributed by atoms with van der Waals surface area (Å²) in [5.41, 5.74) is 3.87. The Hall–Kier alpha value is -4.13. The van der Waals surface area contributed by atoms with Crippen molar-refractivity contribution < 1.29 is 23.8 Å². The van der Waals surface area contributed by atoms with Crippen LogP contribution >= 0.6 is 0 Å².